The van der Waals surface area contributed by atoms with Crippen LogP contribution in [-0.2, 0) is 6.42 Å². The summed E-state index contributed by atoms with van der Waals surface area (Å²) in [5, 5.41) is 8.55. The SMILES string of the molecule is CCCCCCCCc1ccc([N+]#N)cc1. The molecule has 2 nitrogen and oxygen atoms in total. The second-order valence-corrected chi connectivity index (χ2v) is 4.28. The summed E-state index contributed by atoms with van der Waals surface area (Å²) in [6, 6.07) is 7.79. The largest absolute Gasteiger partial charge is 0.385 e. The predicted molar refractivity (Wildman–Crippen MR) is 68.3 cm³/mol. The fraction of sp³-hybridized carbons (Fsp3) is 0.571. The van der Waals surface area contributed by atoms with E-state index < -0.39 is 0 Å². The van der Waals surface area contributed by atoms with Gasteiger partial charge in [0.1, 0.15) is 0 Å². The summed E-state index contributed by atoms with van der Waals surface area (Å²) in [6.07, 6.45) is 9.14. The van der Waals surface area contributed by atoms with Crippen molar-refractivity contribution in [1.29, 1.82) is 5.39 Å². The Balaban J connectivity index is 2.15. The van der Waals surface area contributed by atoms with E-state index in [-0.39, 0.29) is 0 Å². The molecular weight excluding hydrogens is 196 g/mol. The quantitative estimate of drug-likeness (QED) is 0.462. The van der Waals surface area contributed by atoms with E-state index in [1.54, 1.807) is 0 Å². The summed E-state index contributed by atoms with van der Waals surface area (Å²) in [7, 11) is 0. The summed E-state index contributed by atoms with van der Waals surface area (Å²) >= 11 is 0. The standard InChI is InChI=1S/C14H21N2/c1-2-3-4-5-6-7-8-13-9-11-14(16-15)12-10-13/h9-12H,2-8H2,1H3/q+1. The Hall–Kier alpha value is -1.36. The van der Waals surface area contributed by atoms with Gasteiger partial charge < -0.3 is 0 Å². The fourth-order valence-corrected chi connectivity index (χ4v) is 1.84. The number of hydrogen-bond acceptors (Lipinski definition) is 1. The number of aryl methyl sites for hydroxylation is 1. The van der Waals surface area contributed by atoms with Crippen molar-refractivity contribution in [3.05, 3.63) is 34.8 Å². The fourth-order valence-electron chi connectivity index (χ4n) is 1.84. The van der Waals surface area contributed by atoms with E-state index in [1.807, 2.05) is 24.3 Å². The summed E-state index contributed by atoms with van der Waals surface area (Å²) in [5.74, 6) is 0. The molecule has 0 radical (unpaired) electrons. The van der Waals surface area contributed by atoms with Crippen LogP contribution in [0, 0.1) is 5.39 Å². The van der Waals surface area contributed by atoms with Gasteiger partial charge in [0.15, 0.2) is 4.98 Å². The molecule has 1 aromatic carbocycles. The molecule has 0 spiro atoms. The molecule has 0 saturated carbocycles. The minimum atomic E-state index is 0.631. The minimum absolute atomic E-state index is 0.631. The molecule has 0 amide bonds. The minimum Gasteiger partial charge on any atom is -0.0654 e. The Kier molecular flexibility index (Phi) is 6.25. The molecular formula is C14H21N2+. The highest BCUT2D eigenvalue weighted by molar-refractivity contribution is 5.44. The van der Waals surface area contributed by atoms with Crippen LogP contribution >= 0.6 is 0 Å². The Morgan fingerprint density at radius 1 is 0.938 bits per heavy atom. The van der Waals surface area contributed by atoms with Gasteiger partial charge >= 0.3 is 5.69 Å². The Labute approximate surface area is 98.3 Å². The molecule has 0 aliphatic carbocycles. The number of rotatable bonds is 7. The molecule has 0 bridgehead atoms. The predicted octanol–water partition coefficient (Wildman–Crippen LogP) is 5.07. The van der Waals surface area contributed by atoms with E-state index in [1.165, 1.54) is 44.1 Å². The topological polar surface area (TPSA) is 28.1 Å². The lowest BCUT2D eigenvalue weighted by atomic mass is 10.0. The zero-order valence-electron chi connectivity index (χ0n) is 10.2. The van der Waals surface area contributed by atoms with Crippen LogP contribution in [-0.4, -0.2) is 0 Å². The molecule has 0 heterocycles. The highest BCUT2D eigenvalue weighted by Crippen LogP contribution is 2.15. The summed E-state index contributed by atoms with van der Waals surface area (Å²) in [6.45, 7) is 2.24. The van der Waals surface area contributed by atoms with Crippen molar-refractivity contribution in [3.63, 3.8) is 0 Å². The number of nitrogens with zero attached hydrogens (tertiary/aromatic N) is 2. The lowest BCUT2D eigenvalue weighted by molar-refractivity contribution is 0.607. The number of benzene rings is 1. The van der Waals surface area contributed by atoms with E-state index in [2.05, 4.69) is 11.9 Å². The molecule has 1 aromatic rings. The van der Waals surface area contributed by atoms with Gasteiger partial charge in [0.2, 0.25) is 5.39 Å². The molecule has 0 aliphatic heterocycles. The molecule has 1 rings (SSSR count). The lowest BCUT2D eigenvalue weighted by Crippen LogP contribution is -1.85. The van der Waals surface area contributed by atoms with E-state index in [9.17, 15) is 0 Å². The van der Waals surface area contributed by atoms with Gasteiger partial charge in [-0.15, -0.1) is 0 Å². The molecule has 0 unspecified atom stereocenters. The van der Waals surface area contributed by atoms with Gasteiger partial charge in [-0.3, -0.25) is 0 Å². The van der Waals surface area contributed by atoms with Gasteiger partial charge in [0.25, 0.3) is 0 Å². The maximum Gasteiger partial charge on any atom is 0.385 e. The number of unbranched alkanes of at least 4 members (excludes halogenated alkanes) is 5. The van der Waals surface area contributed by atoms with Gasteiger partial charge in [-0.2, -0.15) is 0 Å². The van der Waals surface area contributed by atoms with Crippen molar-refractivity contribution in [2.45, 2.75) is 51.9 Å². The van der Waals surface area contributed by atoms with E-state index in [0.717, 1.165) is 6.42 Å². The first kappa shape index (κ1) is 12.7. The van der Waals surface area contributed by atoms with Crippen LogP contribution in [0.2, 0.25) is 0 Å². The molecule has 86 valence electrons. The zero-order chi connectivity index (χ0) is 11.6. The Bertz CT molecular complexity index is 322. The van der Waals surface area contributed by atoms with Crippen LogP contribution in [0.1, 0.15) is 51.0 Å². The van der Waals surface area contributed by atoms with Crippen LogP contribution in [0.3, 0.4) is 0 Å². The molecule has 0 atom stereocenters. The van der Waals surface area contributed by atoms with Crippen molar-refractivity contribution in [2.75, 3.05) is 0 Å². The van der Waals surface area contributed by atoms with Crippen LogP contribution in [0.5, 0.6) is 0 Å². The number of diazo groups is 1. The molecule has 2 heteroatoms. The van der Waals surface area contributed by atoms with Gasteiger partial charge in [-0.25, -0.2) is 0 Å². The van der Waals surface area contributed by atoms with Gasteiger partial charge in [0.05, 0.1) is 0 Å². The van der Waals surface area contributed by atoms with E-state index in [0.29, 0.717) is 5.69 Å². The van der Waals surface area contributed by atoms with Crippen LogP contribution < -0.4 is 0 Å². The zero-order valence-corrected chi connectivity index (χ0v) is 10.2. The van der Waals surface area contributed by atoms with Crippen molar-refractivity contribution >= 4 is 5.69 Å². The summed E-state index contributed by atoms with van der Waals surface area (Å²) < 4.78 is 0. The highest BCUT2D eigenvalue weighted by Gasteiger charge is 2.02. The summed E-state index contributed by atoms with van der Waals surface area (Å²) in [5.41, 5.74) is 1.97. The smallest absolute Gasteiger partial charge is 0.0654 e. The second kappa shape index (κ2) is 7.87. The van der Waals surface area contributed by atoms with Gasteiger partial charge in [0, 0.05) is 12.1 Å². The van der Waals surface area contributed by atoms with Crippen molar-refractivity contribution < 1.29 is 0 Å². The van der Waals surface area contributed by atoms with Gasteiger partial charge in [-0.1, -0.05) is 51.2 Å². The van der Waals surface area contributed by atoms with Crippen molar-refractivity contribution in [2.24, 2.45) is 0 Å². The Morgan fingerprint density at radius 3 is 2.19 bits per heavy atom. The van der Waals surface area contributed by atoms with E-state index >= 15 is 0 Å². The van der Waals surface area contributed by atoms with Crippen LogP contribution in [0.25, 0.3) is 4.98 Å². The van der Waals surface area contributed by atoms with E-state index in [4.69, 9.17) is 5.39 Å². The highest BCUT2D eigenvalue weighted by atomic mass is 14.8. The maximum absolute atomic E-state index is 8.55. The molecule has 0 fully saturated rings. The molecule has 16 heavy (non-hydrogen) atoms. The molecule has 0 N–H and O–H groups in total. The third-order valence-corrected chi connectivity index (χ3v) is 2.87. The normalized spacial score (nSPS) is 10.0. The first-order valence-electron chi connectivity index (χ1n) is 6.31. The lowest BCUT2D eigenvalue weighted by Gasteiger charge is -2.00. The maximum atomic E-state index is 8.55. The molecule has 0 aliphatic rings. The monoisotopic (exact) mass is 217 g/mol. The van der Waals surface area contributed by atoms with Crippen molar-refractivity contribution in [1.82, 2.24) is 0 Å². The van der Waals surface area contributed by atoms with Crippen LogP contribution in [0.15, 0.2) is 24.3 Å². The Morgan fingerprint density at radius 2 is 1.56 bits per heavy atom. The third-order valence-electron chi connectivity index (χ3n) is 2.87. The number of hydrogen-bond donors (Lipinski definition) is 0. The molecule has 0 aromatic heterocycles. The van der Waals surface area contributed by atoms with Crippen molar-refractivity contribution in [3.8, 4) is 0 Å². The van der Waals surface area contributed by atoms with Crippen LogP contribution in [0.4, 0.5) is 5.69 Å². The first-order chi connectivity index (χ1) is 7.86. The average molecular weight is 217 g/mol. The second-order valence-electron chi connectivity index (χ2n) is 4.28. The summed E-state index contributed by atoms with van der Waals surface area (Å²) in [4.78, 5) is 3.14. The average Bonchev–Trinajstić information content (AvgIpc) is 2.34. The first-order valence-corrected chi connectivity index (χ1v) is 6.31. The third kappa shape index (κ3) is 4.93. The van der Waals surface area contributed by atoms with Gasteiger partial charge in [-0.05, 0) is 18.4 Å². The molecule has 0 saturated heterocycles.